The summed E-state index contributed by atoms with van der Waals surface area (Å²) in [6.45, 7) is 4.34. The number of hydrogen-bond acceptors (Lipinski definition) is 3. The molecule has 0 spiro atoms. The average Bonchev–Trinajstić information content (AvgIpc) is 3.07. The largest absolute Gasteiger partial charge is 0.387 e. The van der Waals surface area contributed by atoms with E-state index < -0.39 is 6.10 Å². The second-order valence-corrected chi connectivity index (χ2v) is 5.89. The Morgan fingerprint density at radius 2 is 2.09 bits per heavy atom. The van der Waals surface area contributed by atoms with Crippen molar-refractivity contribution in [1.82, 2.24) is 5.32 Å². The van der Waals surface area contributed by atoms with E-state index in [1.54, 1.807) is 0 Å². The van der Waals surface area contributed by atoms with Gasteiger partial charge in [-0.1, -0.05) is 26.0 Å². The van der Waals surface area contributed by atoms with Crippen LogP contribution in [0, 0.1) is 0 Å². The number of amides is 2. The second kappa shape index (κ2) is 7.96. The molecule has 4 nitrogen and oxygen atoms in total. The third-order valence-electron chi connectivity index (χ3n) is 3.60. The molecule has 1 aromatic heterocycles. The number of aliphatic hydroxyl groups excluding tert-OH is 1. The van der Waals surface area contributed by atoms with Crippen molar-refractivity contribution in [3.8, 4) is 0 Å². The first kappa shape index (κ1) is 16.5. The van der Waals surface area contributed by atoms with Gasteiger partial charge in [0.1, 0.15) is 0 Å². The van der Waals surface area contributed by atoms with E-state index in [-0.39, 0.29) is 12.6 Å². The molecular formula is C17H22N2O2S. The van der Waals surface area contributed by atoms with Gasteiger partial charge in [-0.3, -0.25) is 0 Å². The summed E-state index contributed by atoms with van der Waals surface area (Å²) in [5, 5.41) is 19.3. The van der Waals surface area contributed by atoms with Crippen LogP contribution in [0.15, 0.2) is 35.0 Å². The molecule has 0 saturated carbocycles. The number of benzene rings is 1. The molecule has 3 N–H and O–H groups in total. The van der Waals surface area contributed by atoms with Gasteiger partial charge >= 0.3 is 6.03 Å². The molecule has 2 aromatic rings. The van der Waals surface area contributed by atoms with E-state index in [2.05, 4.69) is 36.6 Å². The highest BCUT2D eigenvalue weighted by molar-refractivity contribution is 7.07. The number of anilines is 1. The number of urea groups is 1. The molecule has 0 fully saturated rings. The summed E-state index contributed by atoms with van der Waals surface area (Å²) in [4.78, 5) is 12.0. The molecule has 1 atom stereocenters. The number of aryl methyl sites for hydroxylation is 2. The van der Waals surface area contributed by atoms with Gasteiger partial charge in [-0.25, -0.2) is 4.79 Å². The fourth-order valence-electron chi connectivity index (χ4n) is 2.21. The Bertz CT molecular complexity index is 611. The number of rotatable bonds is 6. The Morgan fingerprint density at radius 3 is 2.73 bits per heavy atom. The first-order valence-electron chi connectivity index (χ1n) is 7.50. The minimum absolute atomic E-state index is 0.192. The first-order valence-corrected chi connectivity index (χ1v) is 8.45. The Morgan fingerprint density at radius 1 is 1.27 bits per heavy atom. The zero-order valence-corrected chi connectivity index (χ0v) is 13.7. The van der Waals surface area contributed by atoms with Gasteiger partial charge in [0.15, 0.2) is 0 Å². The van der Waals surface area contributed by atoms with Crippen LogP contribution in [0.4, 0.5) is 10.5 Å². The molecule has 0 aliphatic carbocycles. The van der Waals surface area contributed by atoms with Crippen molar-refractivity contribution in [3.63, 3.8) is 0 Å². The molecule has 1 heterocycles. The van der Waals surface area contributed by atoms with Crippen molar-refractivity contribution in [1.29, 1.82) is 0 Å². The number of carbonyl (C=O) groups is 1. The first-order chi connectivity index (χ1) is 10.6. The minimum Gasteiger partial charge on any atom is -0.387 e. The molecule has 0 saturated heterocycles. The van der Waals surface area contributed by atoms with Gasteiger partial charge in [0.25, 0.3) is 0 Å². The predicted molar refractivity (Wildman–Crippen MR) is 91.5 cm³/mol. The van der Waals surface area contributed by atoms with Crippen molar-refractivity contribution >= 4 is 23.1 Å². The summed E-state index contributed by atoms with van der Waals surface area (Å²) in [6, 6.07) is 7.71. The van der Waals surface area contributed by atoms with Crippen molar-refractivity contribution in [2.24, 2.45) is 0 Å². The number of aliphatic hydroxyl groups is 1. The van der Waals surface area contributed by atoms with Gasteiger partial charge in [0.05, 0.1) is 6.10 Å². The molecule has 0 radical (unpaired) electrons. The normalized spacial score (nSPS) is 12.0. The summed E-state index contributed by atoms with van der Waals surface area (Å²) in [6.07, 6.45) is 1.11. The van der Waals surface area contributed by atoms with Crippen molar-refractivity contribution in [3.05, 3.63) is 51.7 Å². The van der Waals surface area contributed by atoms with Gasteiger partial charge in [-0.2, -0.15) is 11.3 Å². The van der Waals surface area contributed by atoms with Crippen LogP contribution in [-0.2, 0) is 12.8 Å². The van der Waals surface area contributed by atoms with Crippen molar-refractivity contribution in [2.75, 3.05) is 11.9 Å². The molecule has 0 bridgehead atoms. The van der Waals surface area contributed by atoms with Crippen LogP contribution in [0.2, 0.25) is 0 Å². The lowest BCUT2D eigenvalue weighted by Gasteiger charge is -2.14. The van der Waals surface area contributed by atoms with Gasteiger partial charge in [-0.05, 0) is 52.4 Å². The molecule has 0 aliphatic rings. The van der Waals surface area contributed by atoms with Crippen molar-refractivity contribution < 1.29 is 9.90 Å². The van der Waals surface area contributed by atoms with E-state index in [0.29, 0.717) is 0 Å². The Kier molecular flexibility index (Phi) is 5.98. The number of carbonyl (C=O) groups excluding carboxylic acids is 1. The number of nitrogens with one attached hydrogen (secondary N) is 2. The average molecular weight is 318 g/mol. The zero-order chi connectivity index (χ0) is 15.9. The monoisotopic (exact) mass is 318 g/mol. The van der Waals surface area contributed by atoms with E-state index in [1.165, 1.54) is 16.9 Å². The smallest absolute Gasteiger partial charge is 0.319 e. The molecule has 22 heavy (non-hydrogen) atoms. The van der Waals surface area contributed by atoms with Crippen LogP contribution in [0.25, 0.3) is 0 Å². The third-order valence-corrected chi connectivity index (χ3v) is 4.30. The lowest BCUT2D eigenvalue weighted by Crippen LogP contribution is -2.32. The van der Waals surface area contributed by atoms with Crippen LogP contribution in [-0.4, -0.2) is 17.7 Å². The van der Waals surface area contributed by atoms with Gasteiger partial charge in [0, 0.05) is 12.2 Å². The number of hydrogen-bond donors (Lipinski definition) is 3. The molecule has 1 unspecified atom stereocenters. The maximum atomic E-state index is 12.0. The van der Waals surface area contributed by atoms with Gasteiger partial charge in [-0.15, -0.1) is 0 Å². The van der Waals surface area contributed by atoms with Gasteiger partial charge < -0.3 is 15.7 Å². The Balaban J connectivity index is 1.94. The molecule has 2 rings (SSSR count). The summed E-state index contributed by atoms with van der Waals surface area (Å²) >= 11 is 1.53. The van der Waals surface area contributed by atoms with Gasteiger partial charge in [0.2, 0.25) is 0 Å². The second-order valence-electron chi connectivity index (χ2n) is 5.11. The van der Waals surface area contributed by atoms with Crippen LogP contribution >= 0.6 is 11.3 Å². The number of thiophene rings is 1. The van der Waals surface area contributed by atoms with E-state index in [4.69, 9.17) is 0 Å². The van der Waals surface area contributed by atoms with E-state index in [0.717, 1.165) is 29.7 Å². The Labute approximate surface area is 135 Å². The summed E-state index contributed by atoms with van der Waals surface area (Å²) < 4.78 is 0. The molecule has 5 heteroatoms. The van der Waals surface area contributed by atoms with Crippen LogP contribution in [0.5, 0.6) is 0 Å². The van der Waals surface area contributed by atoms with Crippen LogP contribution in [0.3, 0.4) is 0 Å². The van der Waals surface area contributed by atoms with E-state index >= 15 is 0 Å². The summed E-state index contributed by atoms with van der Waals surface area (Å²) in [7, 11) is 0. The zero-order valence-electron chi connectivity index (χ0n) is 12.9. The molecular weight excluding hydrogens is 296 g/mol. The standard InChI is InChI=1S/C17H22N2O2S/c1-3-12-5-6-13(4-2)15(9-12)19-17(21)18-10-16(20)14-7-8-22-11-14/h5-9,11,16,20H,3-4,10H2,1-2H3,(H2,18,19,21). The lowest BCUT2D eigenvalue weighted by molar-refractivity contribution is 0.175. The highest BCUT2D eigenvalue weighted by Crippen LogP contribution is 2.19. The predicted octanol–water partition coefficient (Wildman–Crippen LogP) is 3.73. The van der Waals surface area contributed by atoms with Crippen LogP contribution in [0.1, 0.15) is 36.6 Å². The fraction of sp³-hybridized carbons (Fsp3) is 0.353. The van der Waals surface area contributed by atoms with E-state index in [1.807, 2.05) is 22.9 Å². The minimum atomic E-state index is -0.676. The van der Waals surface area contributed by atoms with E-state index in [9.17, 15) is 9.90 Å². The summed E-state index contributed by atoms with van der Waals surface area (Å²) in [5.74, 6) is 0. The molecule has 118 valence electrons. The SMILES string of the molecule is CCc1ccc(CC)c(NC(=O)NCC(O)c2ccsc2)c1. The fourth-order valence-corrected chi connectivity index (χ4v) is 2.91. The molecule has 2 amide bonds. The Hall–Kier alpha value is -1.85. The summed E-state index contributed by atoms with van der Waals surface area (Å²) in [5.41, 5.74) is 3.95. The molecule has 0 aliphatic heterocycles. The van der Waals surface area contributed by atoms with Crippen molar-refractivity contribution in [2.45, 2.75) is 32.8 Å². The maximum absolute atomic E-state index is 12.0. The lowest BCUT2D eigenvalue weighted by atomic mass is 10.1. The quantitative estimate of drug-likeness (QED) is 0.760. The third kappa shape index (κ3) is 4.32. The topological polar surface area (TPSA) is 61.4 Å². The van der Waals surface area contributed by atoms with Crippen LogP contribution < -0.4 is 10.6 Å². The molecule has 1 aromatic carbocycles. The maximum Gasteiger partial charge on any atom is 0.319 e. The highest BCUT2D eigenvalue weighted by Gasteiger charge is 2.11. The highest BCUT2D eigenvalue weighted by atomic mass is 32.1.